The molecule has 0 aliphatic heterocycles. The summed E-state index contributed by atoms with van der Waals surface area (Å²) >= 11 is 1.33. The number of ether oxygens (including phenoxy) is 2. The van der Waals surface area contributed by atoms with E-state index in [1.54, 1.807) is 30.3 Å². The topological polar surface area (TPSA) is 64.6 Å². The lowest BCUT2D eigenvalue weighted by Gasteiger charge is -2.08. The van der Waals surface area contributed by atoms with Gasteiger partial charge < -0.3 is 14.8 Å². The van der Waals surface area contributed by atoms with Crippen molar-refractivity contribution in [1.29, 1.82) is 0 Å². The van der Waals surface area contributed by atoms with Gasteiger partial charge in [0.25, 0.3) is 5.91 Å². The number of thiophene rings is 1. The number of carbonyl (C=O) groups excluding carboxylic acids is 2. The number of nitrogens with one attached hydrogen (secondary N) is 1. The van der Waals surface area contributed by atoms with E-state index in [0.29, 0.717) is 28.5 Å². The van der Waals surface area contributed by atoms with Crippen molar-refractivity contribution < 1.29 is 19.1 Å². The molecule has 27 heavy (non-hydrogen) atoms. The van der Waals surface area contributed by atoms with Gasteiger partial charge in [-0.1, -0.05) is 30.3 Å². The third-order valence-corrected chi connectivity index (χ3v) is 4.82. The summed E-state index contributed by atoms with van der Waals surface area (Å²) in [6.45, 7) is 2.33. The van der Waals surface area contributed by atoms with Gasteiger partial charge in [0.1, 0.15) is 17.4 Å². The highest BCUT2D eigenvalue weighted by molar-refractivity contribution is 7.16. The molecule has 0 saturated carbocycles. The molecule has 1 N–H and O–H groups in total. The normalized spacial score (nSPS) is 10.3. The molecule has 2 aromatic carbocycles. The first-order chi connectivity index (χ1) is 13.1. The van der Waals surface area contributed by atoms with E-state index < -0.39 is 5.97 Å². The predicted molar refractivity (Wildman–Crippen MR) is 106 cm³/mol. The van der Waals surface area contributed by atoms with E-state index in [1.807, 2.05) is 37.3 Å². The second-order valence-electron chi connectivity index (χ2n) is 5.84. The largest absolute Gasteiger partial charge is 0.489 e. The third kappa shape index (κ3) is 4.74. The van der Waals surface area contributed by atoms with Crippen molar-refractivity contribution in [2.75, 3.05) is 12.4 Å². The highest BCUT2D eigenvalue weighted by Gasteiger charge is 2.18. The van der Waals surface area contributed by atoms with Crippen LogP contribution in [0.4, 0.5) is 5.00 Å². The summed E-state index contributed by atoms with van der Waals surface area (Å²) in [6.07, 6.45) is 0. The SMILES string of the molecule is COC(=O)c1cc(C)sc1NC(=O)c1ccc(OCc2ccccc2)cc1. The van der Waals surface area contributed by atoms with E-state index in [1.165, 1.54) is 18.4 Å². The summed E-state index contributed by atoms with van der Waals surface area (Å²) in [5, 5.41) is 3.26. The lowest BCUT2D eigenvalue weighted by Crippen LogP contribution is -2.13. The minimum Gasteiger partial charge on any atom is -0.489 e. The Labute approximate surface area is 161 Å². The van der Waals surface area contributed by atoms with Crippen molar-refractivity contribution in [2.45, 2.75) is 13.5 Å². The first kappa shape index (κ1) is 18.7. The summed E-state index contributed by atoms with van der Waals surface area (Å²) in [5.74, 6) is -0.0893. The standard InChI is InChI=1S/C21H19NO4S/c1-14-12-18(21(24)25-2)20(27-14)22-19(23)16-8-10-17(11-9-16)26-13-15-6-4-3-5-7-15/h3-12H,13H2,1-2H3,(H,22,23). The fourth-order valence-corrected chi connectivity index (χ4v) is 3.38. The van der Waals surface area contributed by atoms with Gasteiger partial charge in [-0.05, 0) is 42.8 Å². The van der Waals surface area contributed by atoms with Crippen molar-refractivity contribution >= 4 is 28.2 Å². The number of esters is 1. The molecule has 0 saturated heterocycles. The fraction of sp³-hybridized carbons (Fsp3) is 0.143. The molecule has 6 heteroatoms. The molecule has 0 unspecified atom stereocenters. The minimum absolute atomic E-state index is 0.295. The van der Waals surface area contributed by atoms with Gasteiger partial charge in [0.05, 0.1) is 12.7 Å². The Morgan fingerprint density at radius 2 is 1.74 bits per heavy atom. The van der Waals surface area contributed by atoms with Gasteiger partial charge in [-0.3, -0.25) is 4.79 Å². The molecule has 1 amide bonds. The van der Waals surface area contributed by atoms with Gasteiger partial charge in [-0.2, -0.15) is 0 Å². The summed E-state index contributed by atoms with van der Waals surface area (Å²) in [4.78, 5) is 25.2. The zero-order valence-electron chi connectivity index (χ0n) is 15.0. The van der Waals surface area contributed by atoms with Gasteiger partial charge in [0, 0.05) is 10.4 Å². The van der Waals surface area contributed by atoms with Gasteiger partial charge in [0.2, 0.25) is 0 Å². The Morgan fingerprint density at radius 1 is 1.04 bits per heavy atom. The van der Waals surface area contributed by atoms with Crippen molar-refractivity contribution in [1.82, 2.24) is 0 Å². The van der Waals surface area contributed by atoms with E-state index in [0.717, 1.165) is 10.4 Å². The lowest BCUT2D eigenvalue weighted by atomic mass is 10.2. The molecular weight excluding hydrogens is 362 g/mol. The zero-order chi connectivity index (χ0) is 19.2. The van der Waals surface area contributed by atoms with Crippen molar-refractivity contribution in [3.8, 4) is 5.75 Å². The summed E-state index contributed by atoms with van der Waals surface area (Å²) in [7, 11) is 1.31. The maximum absolute atomic E-state index is 12.5. The smallest absolute Gasteiger partial charge is 0.340 e. The number of carbonyl (C=O) groups is 2. The van der Waals surface area contributed by atoms with Crippen molar-refractivity contribution in [3.05, 3.63) is 82.2 Å². The number of anilines is 1. The number of hydrogen-bond donors (Lipinski definition) is 1. The van der Waals surface area contributed by atoms with E-state index in [2.05, 4.69) is 5.32 Å². The van der Waals surface area contributed by atoms with Crippen LogP contribution in [0.2, 0.25) is 0 Å². The molecule has 1 aromatic heterocycles. The van der Waals surface area contributed by atoms with Crippen LogP contribution in [0.3, 0.4) is 0 Å². The van der Waals surface area contributed by atoms with Crippen LogP contribution in [0.5, 0.6) is 5.75 Å². The number of rotatable bonds is 6. The average Bonchev–Trinajstić information content (AvgIpc) is 3.07. The maximum Gasteiger partial charge on any atom is 0.340 e. The van der Waals surface area contributed by atoms with Crippen LogP contribution in [0, 0.1) is 6.92 Å². The van der Waals surface area contributed by atoms with E-state index in [9.17, 15) is 9.59 Å². The quantitative estimate of drug-likeness (QED) is 0.630. The monoisotopic (exact) mass is 381 g/mol. The Bertz CT molecular complexity index is 933. The van der Waals surface area contributed by atoms with Gasteiger partial charge in [-0.25, -0.2) is 4.79 Å². The molecule has 3 rings (SSSR count). The summed E-state index contributed by atoms with van der Waals surface area (Å²) in [6, 6.07) is 18.4. The molecule has 138 valence electrons. The average molecular weight is 381 g/mol. The van der Waals surface area contributed by atoms with E-state index in [4.69, 9.17) is 9.47 Å². The molecule has 0 fully saturated rings. The Balaban J connectivity index is 1.65. The Morgan fingerprint density at radius 3 is 2.41 bits per heavy atom. The van der Waals surface area contributed by atoms with Crippen LogP contribution in [0.1, 0.15) is 31.2 Å². The highest BCUT2D eigenvalue weighted by Crippen LogP contribution is 2.28. The van der Waals surface area contributed by atoms with Crippen molar-refractivity contribution in [3.63, 3.8) is 0 Å². The first-order valence-corrected chi connectivity index (χ1v) is 9.15. The number of methoxy groups -OCH3 is 1. The Hall–Kier alpha value is -3.12. The molecule has 0 aliphatic carbocycles. The predicted octanol–water partition coefficient (Wildman–Crippen LogP) is 4.67. The first-order valence-electron chi connectivity index (χ1n) is 8.33. The molecule has 1 heterocycles. The molecule has 0 spiro atoms. The molecule has 5 nitrogen and oxygen atoms in total. The number of benzene rings is 2. The third-order valence-electron chi connectivity index (χ3n) is 3.85. The van der Waals surface area contributed by atoms with Crippen LogP contribution in [0.25, 0.3) is 0 Å². The van der Waals surface area contributed by atoms with E-state index >= 15 is 0 Å². The van der Waals surface area contributed by atoms with Crippen LogP contribution in [-0.4, -0.2) is 19.0 Å². The number of hydrogen-bond acceptors (Lipinski definition) is 5. The summed E-state index contributed by atoms with van der Waals surface area (Å²) in [5.41, 5.74) is 1.91. The number of aryl methyl sites for hydroxylation is 1. The molecule has 3 aromatic rings. The summed E-state index contributed by atoms with van der Waals surface area (Å²) < 4.78 is 10.5. The highest BCUT2D eigenvalue weighted by atomic mass is 32.1. The van der Waals surface area contributed by atoms with Gasteiger partial charge in [-0.15, -0.1) is 11.3 Å². The molecular formula is C21H19NO4S. The molecule has 0 radical (unpaired) electrons. The lowest BCUT2D eigenvalue weighted by molar-refractivity contribution is 0.0602. The van der Waals surface area contributed by atoms with Crippen LogP contribution in [0.15, 0.2) is 60.7 Å². The number of amides is 1. The second-order valence-corrected chi connectivity index (χ2v) is 7.10. The van der Waals surface area contributed by atoms with Crippen LogP contribution in [-0.2, 0) is 11.3 Å². The van der Waals surface area contributed by atoms with Gasteiger partial charge in [0.15, 0.2) is 0 Å². The molecule has 0 aliphatic rings. The van der Waals surface area contributed by atoms with Crippen molar-refractivity contribution in [2.24, 2.45) is 0 Å². The maximum atomic E-state index is 12.5. The van der Waals surface area contributed by atoms with Gasteiger partial charge >= 0.3 is 5.97 Å². The molecule has 0 atom stereocenters. The fourth-order valence-electron chi connectivity index (χ4n) is 2.49. The Kier molecular flexibility index (Phi) is 5.88. The minimum atomic E-state index is -0.473. The molecule has 0 bridgehead atoms. The zero-order valence-corrected chi connectivity index (χ0v) is 15.8. The second kappa shape index (κ2) is 8.51. The van der Waals surface area contributed by atoms with Crippen LogP contribution >= 0.6 is 11.3 Å². The van der Waals surface area contributed by atoms with Crippen LogP contribution < -0.4 is 10.1 Å². The van der Waals surface area contributed by atoms with E-state index in [-0.39, 0.29) is 5.91 Å².